The Morgan fingerprint density at radius 2 is 2.15 bits per heavy atom. The van der Waals surface area contributed by atoms with E-state index in [0.717, 1.165) is 24.2 Å². The number of hydrogen-bond acceptors (Lipinski definition) is 2. The van der Waals surface area contributed by atoms with E-state index in [4.69, 9.17) is 4.74 Å². The average molecular weight is 359 g/mol. The van der Waals surface area contributed by atoms with E-state index in [9.17, 15) is 0 Å². The highest BCUT2D eigenvalue weighted by Gasteiger charge is 2.51. The molecule has 0 radical (unpaired) electrons. The number of ether oxygens (including phenoxy) is 1. The van der Waals surface area contributed by atoms with E-state index >= 15 is 0 Å². The highest BCUT2D eigenvalue weighted by Crippen LogP contribution is 2.59. The fraction of sp³-hybridized carbons (Fsp3) is 0.783. The Hall–Kier alpha value is -1.09. The molecule has 3 heteroatoms. The smallest absolute Gasteiger partial charge is 0.124 e. The van der Waals surface area contributed by atoms with Gasteiger partial charge in [0.25, 0.3) is 0 Å². The Labute approximate surface area is 160 Å². The highest BCUT2D eigenvalue weighted by atomic mass is 16.5. The summed E-state index contributed by atoms with van der Waals surface area (Å²) in [4.78, 5) is 4.10. The summed E-state index contributed by atoms with van der Waals surface area (Å²) < 4.78 is 8.23. The van der Waals surface area contributed by atoms with E-state index in [1.54, 1.807) is 5.57 Å². The molecule has 3 rings (SSSR count). The molecule has 2 aliphatic carbocycles. The van der Waals surface area contributed by atoms with Gasteiger partial charge in [-0.05, 0) is 54.3 Å². The van der Waals surface area contributed by atoms with Gasteiger partial charge < -0.3 is 9.30 Å². The largest absolute Gasteiger partial charge is 0.357 e. The van der Waals surface area contributed by atoms with Crippen LogP contribution >= 0.6 is 0 Å². The lowest BCUT2D eigenvalue weighted by Crippen LogP contribution is -2.48. The van der Waals surface area contributed by atoms with Gasteiger partial charge >= 0.3 is 0 Å². The molecule has 3 nitrogen and oxygen atoms in total. The summed E-state index contributed by atoms with van der Waals surface area (Å²) in [6.07, 6.45) is 14.6. The summed E-state index contributed by atoms with van der Waals surface area (Å²) in [5.41, 5.74) is 2.42. The molecule has 1 aromatic rings. The second-order valence-corrected chi connectivity index (χ2v) is 9.84. The number of rotatable bonds is 6. The van der Waals surface area contributed by atoms with Crippen LogP contribution in [0.5, 0.6) is 0 Å². The van der Waals surface area contributed by atoms with E-state index in [2.05, 4.69) is 52.6 Å². The molecule has 26 heavy (non-hydrogen) atoms. The maximum atomic E-state index is 6.21. The second kappa shape index (κ2) is 7.50. The molecular formula is C23H38N2O. The summed E-state index contributed by atoms with van der Waals surface area (Å²) in [5, 5.41) is 0. The molecule has 2 aliphatic rings. The average Bonchev–Trinajstić information content (AvgIpc) is 3.11. The van der Waals surface area contributed by atoms with Crippen molar-refractivity contribution in [3.8, 4) is 0 Å². The first-order valence-electron chi connectivity index (χ1n) is 10.5. The predicted molar refractivity (Wildman–Crippen MR) is 108 cm³/mol. The Kier molecular flexibility index (Phi) is 5.67. The minimum absolute atomic E-state index is 0.346. The maximum absolute atomic E-state index is 6.21. The van der Waals surface area contributed by atoms with Gasteiger partial charge in [0.2, 0.25) is 0 Å². The third-order valence-corrected chi connectivity index (χ3v) is 7.61. The molecule has 146 valence electrons. The van der Waals surface area contributed by atoms with E-state index < -0.39 is 0 Å². The van der Waals surface area contributed by atoms with Crippen LogP contribution < -0.4 is 0 Å². The third-order valence-electron chi connectivity index (χ3n) is 7.61. The van der Waals surface area contributed by atoms with Gasteiger partial charge in [-0.3, -0.25) is 0 Å². The van der Waals surface area contributed by atoms with Crippen molar-refractivity contribution in [2.45, 2.75) is 86.5 Å². The quantitative estimate of drug-likeness (QED) is 0.577. The van der Waals surface area contributed by atoms with Crippen molar-refractivity contribution in [2.75, 3.05) is 0 Å². The van der Waals surface area contributed by atoms with Crippen molar-refractivity contribution >= 4 is 0 Å². The first kappa shape index (κ1) is 19.7. The Morgan fingerprint density at radius 1 is 1.38 bits per heavy atom. The van der Waals surface area contributed by atoms with Crippen LogP contribution in [0.1, 0.15) is 73.6 Å². The third kappa shape index (κ3) is 3.65. The van der Waals surface area contributed by atoms with Crippen LogP contribution in [-0.4, -0.2) is 15.7 Å². The zero-order valence-corrected chi connectivity index (χ0v) is 17.7. The van der Waals surface area contributed by atoms with Crippen molar-refractivity contribution in [1.82, 2.24) is 9.55 Å². The van der Waals surface area contributed by atoms with Gasteiger partial charge in [0, 0.05) is 12.4 Å². The van der Waals surface area contributed by atoms with Gasteiger partial charge in [0.05, 0.1) is 12.4 Å². The summed E-state index contributed by atoms with van der Waals surface area (Å²) in [6.45, 7) is 15.4. The van der Waals surface area contributed by atoms with Crippen LogP contribution in [0.15, 0.2) is 30.4 Å². The van der Waals surface area contributed by atoms with Crippen molar-refractivity contribution in [3.05, 3.63) is 30.4 Å². The molecule has 1 saturated carbocycles. The van der Waals surface area contributed by atoms with Gasteiger partial charge in [-0.25, -0.2) is 4.98 Å². The molecular weight excluding hydrogens is 320 g/mol. The maximum Gasteiger partial charge on any atom is 0.124 e. The number of fused-ring (bicyclic) bond motifs is 1. The molecule has 2 unspecified atom stereocenters. The van der Waals surface area contributed by atoms with Gasteiger partial charge in [-0.15, -0.1) is 0 Å². The first-order chi connectivity index (χ1) is 12.3. The molecule has 0 spiro atoms. The van der Waals surface area contributed by atoms with E-state index in [0.29, 0.717) is 23.7 Å². The predicted octanol–water partition coefficient (Wildman–Crippen LogP) is 6.07. The minimum atomic E-state index is 0.346. The molecule has 1 aromatic heterocycles. The topological polar surface area (TPSA) is 27.1 Å². The Bertz CT molecular complexity index is 616. The molecule has 1 fully saturated rings. The summed E-state index contributed by atoms with van der Waals surface area (Å²) >= 11 is 0. The highest BCUT2D eigenvalue weighted by molar-refractivity contribution is 5.24. The van der Waals surface area contributed by atoms with Crippen molar-refractivity contribution in [3.63, 3.8) is 0 Å². The number of allylic oxidation sites excluding steroid dienone is 1. The van der Waals surface area contributed by atoms with Gasteiger partial charge in [0.1, 0.15) is 6.73 Å². The second-order valence-electron chi connectivity index (χ2n) is 9.84. The molecule has 1 heterocycles. The van der Waals surface area contributed by atoms with Crippen LogP contribution in [0.4, 0.5) is 0 Å². The van der Waals surface area contributed by atoms with Gasteiger partial charge in [0.15, 0.2) is 0 Å². The fourth-order valence-corrected chi connectivity index (χ4v) is 5.72. The molecule has 0 aromatic carbocycles. The van der Waals surface area contributed by atoms with Crippen molar-refractivity contribution in [1.29, 1.82) is 0 Å². The summed E-state index contributed by atoms with van der Waals surface area (Å²) in [7, 11) is 0. The number of hydrogen-bond donors (Lipinski definition) is 0. The van der Waals surface area contributed by atoms with Crippen molar-refractivity contribution < 1.29 is 4.74 Å². The lowest BCUT2D eigenvalue weighted by atomic mass is 9.49. The minimum Gasteiger partial charge on any atom is -0.357 e. The van der Waals surface area contributed by atoms with Crippen LogP contribution in [0.2, 0.25) is 0 Å². The summed E-state index contributed by atoms with van der Waals surface area (Å²) in [6, 6.07) is 0. The fourth-order valence-electron chi connectivity index (χ4n) is 5.72. The van der Waals surface area contributed by atoms with Crippen LogP contribution in [-0.2, 0) is 11.5 Å². The van der Waals surface area contributed by atoms with Crippen LogP contribution in [0, 0.1) is 28.6 Å². The summed E-state index contributed by atoms with van der Waals surface area (Å²) in [5.74, 6) is 2.28. The molecule has 0 N–H and O–H groups in total. The van der Waals surface area contributed by atoms with E-state index in [-0.39, 0.29) is 0 Å². The normalized spacial score (nSPS) is 32.4. The first-order valence-corrected chi connectivity index (χ1v) is 10.5. The molecule has 0 bridgehead atoms. The molecule has 4 atom stereocenters. The van der Waals surface area contributed by atoms with Crippen LogP contribution in [0.25, 0.3) is 0 Å². The van der Waals surface area contributed by atoms with Gasteiger partial charge in [-0.1, -0.05) is 59.6 Å². The zero-order valence-electron chi connectivity index (χ0n) is 17.7. The number of nitrogens with zero attached hydrogens (tertiary/aromatic N) is 2. The lowest BCUT2D eigenvalue weighted by Gasteiger charge is -2.56. The Morgan fingerprint density at radius 3 is 2.77 bits per heavy atom. The van der Waals surface area contributed by atoms with Crippen LogP contribution in [0.3, 0.4) is 0 Å². The zero-order chi connectivity index (χ0) is 18.9. The standard InChI is InChI=1S/C23H38N2O/c1-7-22(4,5)20-9-8-18-14-19(26-16-25-13-12-24-15-25)10-11-23(18,6)21(20)17(2)3/h8,12-13,15,17,19-21H,7,9-11,14,16H2,1-6H3/t19-,20?,21?,23-/m0/s1. The van der Waals surface area contributed by atoms with Crippen molar-refractivity contribution in [2.24, 2.45) is 28.6 Å². The van der Waals surface area contributed by atoms with E-state index in [1.807, 2.05) is 23.3 Å². The number of aromatic nitrogens is 2. The monoisotopic (exact) mass is 358 g/mol. The molecule has 0 aliphatic heterocycles. The van der Waals surface area contributed by atoms with Gasteiger partial charge in [-0.2, -0.15) is 0 Å². The lowest BCUT2D eigenvalue weighted by molar-refractivity contribution is -0.0504. The SMILES string of the molecule is CCC(C)(C)C1CC=C2C[C@@H](OCn3ccnc3)CC[C@]2(C)C1C(C)C. The molecule has 0 saturated heterocycles. The number of imidazole rings is 1. The Balaban J connectivity index is 1.76. The molecule has 0 amide bonds. The van der Waals surface area contributed by atoms with E-state index in [1.165, 1.54) is 25.7 Å².